The van der Waals surface area contributed by atoms with E-state index < -0.39 is 8.07 Å². The average molecular weight is 321 g/mol. The van der Waals surface area contributed by atoms with Gasteiger partial charge in [-0.05, 0) is 12.1 Å². The maximum atomic E-state index is 11.3. The van der Waals surface area contributed by atoms with Gasteiger partial charge in [-0.3, -0.25) is 5.32 Å². The molecule has 0 saturated heterocycles. The number of hydrogen-bond acceptors (Lipinski definition) is 4. The van der Waals surface area contributed by atoms with Gasteiger partial charge < -0.3 is 14.6 Å². The van der Waals surface area contributed by atoms with Crippen LogP contribution >= 0.6 is 0 Å². The van der Waals surface area contributed by atoms with Crippen molar-refractivity contribution in [2.75, 3.05) is 19.0 Å². The number of urea groups is 1. The van der Waals surface area contributed by atoms with E-state index in [9.17, 15) is 4.79 Å². The Labute approximate surface area is 131 Å². The zero-order valence-corrected chi connectivity index (χ0v) is 14.5. The van der Waals surface area contributed by atoms with E-state index in [-0.39, 0.29) is 6.03 Å². The molecule has 0 aliphatic carbocycles. The standard InChI is InChI=1S/C14H23N5O2Si/c1-15-14(20)18-12-9-16-13-11(17-12)5-6-19(13)10-21-7-8-22(2,3)4/h5-6,9H,7-8,10H2,1-4H3,(H2,15,17,18,20). The highest BCUT2D eigenvalue weighted by molar-refractivity contribution is 6.76. The van der Waals surface area contributed by atoms with Gasteiger partial charge in [0.2, 0.25) is 0 Å². The SMILES string of the molecule is CNC(=O)Nc1cnc2c(ccn2COCC[Si](C)(C)C)n1. The Morgan fingerprint density at radius 2 is 2.18 bits per heavy atom. The molecule has 2 aromatic heterocycles. The van der Waals surface area contributed by atoms with Crippen molar-refractivity contribution >= 4 is 31.1 Å². The number of rotatable bonds is 6. The largest absolute Gasteiger partial charge is 0.361 e. The molecule has 0 saturated carbocycles. The highest BCUT2D eigenvalue weighted by Crippen LogP contribution is 2.14. The Bertz CT molecular complexity index is 650. The summed E-state index contributed by atoms with van der Waals surface area (Å²) in [5.41, 5.74) is 1.47. The fraction of sp³-hybridized carbons (Fsp3) is 0.500. The average Bonchev–Trinajstić information content (AvgIpc) is 2.85. The van der Waals surface area contributed by atoms with E-state index in [1.807, 2.05) is 16.8 Å². The molecule has 2 N–H and O–H groups in total. The lowest BCUT2D eigenvalue weighted by atomic mass is 10.5. The number of nitrogens with one attached hydrogen (secondary N) is 2. The molecule has 2 amide bonds. The first-order chi connectivity index (χ1) is 10.4. The topological polar surface area (TPSA) is 81.1 Å². The molecule has 0 atom stereocenters. The Balaban J connectivity index is 1.99. The van der Waals surface area contributed by atoms with Crippen LogP contribution in [0.5, 0.6) is 0 Å². The van der Waals surface area contributed by atoms with Crippen molar-refractivity contribution in [2.45, 2.75) is 32.4 Å². The van der Waals surface area contributed by atoms with Gasteiger partial charge in [0.05, 0.1) is 6.20 Å². The van der Waals surface area contributed by atoms with Gasteiger partial charge in [0.25, 0.3) is 0 Å². The third-order valence-electron chi connectivity index (χ3n) is 3.16. The summed E-state index contributed by atoms with van der Waals surface area (Å²) in [6.07, 6.45) is 3.43. The number of anilines is 1. The summed E-state index contributed by atoms with van der Waals surface area (Å²) in [5, 5.41) is 5.08. The first-order valence-corrected chi connectivity index (χ1v) is 11.0. The molecule has 0 unspecified atom stereocenters. The van der Waals surface area contributed by atoms with Crippen molar-refractivity contribution in [1.82, 2.24) is 19.9 Å². The molecular weight excluding hydrogens is 298 g/mol. The van der Waals surface area contributed by atoms with Crippen LogP contribution in [-0.2, 0) is 11.5 Å². The van der Waals surface area contributed by atoms with E-state index in [2.05, 4.69) is 40.2 Å². The van der Waals surface area contributed by atoms with Crippen molar-refractivity contribution in [3.05, 3.63) is 18.5 Å². The molecule has 8 heteroatoms. The molecule has 0 fully saturated rings. The fourth-order valence-corrected chi connectivity index (χ4v) is 2.60. The van der Waals surface area contributed by atoms with E-state index in [0.717, 1.165) is 23.8 Å². The first kappa shape index (κ1) is 16.4. The van der Waals surface area contributed by atoms with Crippen LogP contribution in [0.3, 0.4) is 0 Å². The number of aromatic nitrogens is 3. The quantitative estimate of drug-likeness (QED) is 0.633. The van der Waals surface area contributed by atoms with Crippen LogP contribution in [-0.4, -0.2) is 42.3 Å². The van der Waals surface area contributed by atoms with E-state index in [1.54, 1.807) is 7.05 Å². The minimum Gasteiger partial charge on any atom is -0.361 e. The minimum absolute atomic E-state index is 0.317. The summed E-state index contributed by atoms with van der Waals surface area (Å²) < 4.78 is 7.64. The van der Waals surface area contributed by atoms with Gasteiger partial charge in [0.1, 0.15) is 12.2 Å². The van der Waals surface area contributed by atoms with Crippen LogP contribution in [0.4, 0.5) is 10.6 Å². The van der Waals surface area contributed by atoms with Crippen molar-refractivity contribution < 1.29 is 9.53 Å². The number of hydrogen-bond donors (Lipinski definition) is 2. The first-order valence-electron chi connectivity index (χ1n) is 7.27. The highest BCUT2D eigenvalue weighted by atomic mass is 28.3. The summed E-state index contributed by atoms with van der Waals surface area (Å²) in [7, 11) is 0.483. The second kappa shape index (κ2) is 6.88. The molecule has 0 aromatic carbocycles. The fourth-order valence-electron chi connectivity index (χ4n) is 1.85. The molecule has 0 aliphatic heterocycles. The van der Waals surface area contributed by atoms with Crippen LogP contribution in [0.15, 0.2) is 18.5 Å². The van der Waals surface area contributed by atoms with Crippen LogP contribution in [0.25, 0.3) is 11.2 Å². The van der Waals surface area contributed by atoms with E-state index >= 15 is 0 Å². The van der Waals surface area contributed by atoms with Gasteiger partial charge in [-0.15, -0.1) is 0 Å². The number of amides is 2. The number of carbonyl (C=O) groups excluding carboxylic acids is 1. The number of fused-ring (bicyclic) bond motifs is 1. The molecule has 2 heterocycles. The zero-order chi connectivity index (χ0) is 16.2. The minimum atomic E-state index is -1.07. The van der Waals surface area contributed by atoms with Crippen LogP contribution in [0.2, 0.25) is 25.7 Å². The van der Waals surface area contributed by atoms with Crippen LogP contribution in [0, 0.1) is 0 Å². The molecule has 0 bridgehead atoms. The van der Waals surface area contributed by atoms with Crippen molar-refractivity contribution in [1.29, 1.82) is 0 Å². The van der Waals surface area contributed by atoms with Gasteiger partial charge in [0.15, 0.2) is 11.5 Å². The number of nitrogens with zero attached hydrogens (tertiary/aromatic N) is 3. The van der Waals surface area contributed by atoms with Gasteiger partial charge in [-0.2, -0.15) is 0 Å². The smallest absolute Gasteiger partial charge is 0.320 e. The van der Waals surface area contributed by atoms with Gasteiger partial charge in [0, 0.05) is 27.9 Å². The highest BCUT2D eigenvalue weighted by Gasteiger charge is 2.12. The monoisotopic (exact) mass is 321 g/mol. The Morgan fingerprint density at radius 3 is 2.86 bits per heavy atom. The maximum absolute atomic E-state index is 11.3. The number of carbonyl (C=O) groups is 1. The lowest BCUT2D eigenvalue weighted by Crippen LogP contribution is -2.25. The lowest BCUT2D eigenvalue weighted by molar-refractivity contribution is 0.0899. The molecular formula is C14H23N5O2Si. The van der Waals surface area contributed by atoms with E-state index in [4.69, 9.17) is 4.74 Å². The van der Waals surface area contributed by atoms with Crippen LogP contribution in [0.1, 0.15) is 0 Å². The summed E-state index contributed by atoms with van der Waals surface area (Å²) in [6, 6.07) is 2.68. The molecule has 120 valence electrons. The molecule has 22 heavy (non-hydrogen) atoms. The number of ether oxygens (including phenoxy) is 1. The summed E-state index contributed by atoms with van der Waals surface area (Å²) in [5.74, 6) is 0.421. The molecule has 7 nitrogen and oxygen atoms in total. The van der Waals surface area contributed by atoms with Gasteiger partial charge in [-0.25, -0.2) is 14.8 Å². The molecule has 2 aromatic rings. The third-order valence-corrected chi connectivity index (χ3v) is 4.86. The third kappa shape index (κ3) is 4.53. The molecule has 0 aliphatic rings. The molecule has 0 radical (unpaired) electrons. The molecule has 2 rings (SSSR count). The summed E-state index contributed by atoms with van der Waals surface area (Å²) in [4.78, 5) is 20.0. The van der Waals surface area contributed by atoms with Crippen molar-refractivity contribution in [3.63, 3.8) is 0 Å². The Hall–Kier alpha value is -1.93. The van der Waals surface area contributed by atoms with Crippen molar-refractivity contribution in [3.8, 4) is 0 Å². The van der Waals surface area contributed by atoms with E-state index in [0.29, 0.717) is 12.5 Å². The second-order valence-electron chi connectivity index (χ2n) is 6.30. The van der Waals surface area contributed by atoms with Crippen molar-refractivity contribution in [2.24, 2.45) is 0 Å². The lowest BCUT2D eigenvalue weighted by Gasteiger charge is -2.15. The van der Waals surface area contributed by atoms with Gasteiger partial charge >= 0.3 is 6.03 Å². The second-order valence-corrected chi connectivity index (χ2v) is 11.9. The normalized spacial score (nSPS) is 11.6. The maximum Gasteiger partial charge on any atom is 0.320 e. The van der Waals surface area contributed by atoms with Crippen LogP contribution < -0.4 is 10.6 Å². The van der Waals surface area contributed by atoms with Gasteiger partial charge in [-0.1, -0.05) is 19.6 Å². The Kier molecular flexibility index (Phi) is 5.14. The Morgan fingerprint density at radius 1 is 1.41 bits per heavy atom. The zero-order valence-electron chi connectivity index (χ0n) is 13.5. The van der Waals surface area contributed by atoms with E-state index in [1.165, 1.54) is 6.20 Å². The predicted octanol–water partition coefficient (Wildman–Crippen LogP) is 2.49. The summed E-state index contributed by atoms with van der Waals surface area (Å²) >= 11 is 0. The summed E-state index contributed by atoms with van der Waals surface area (Å²) in [6.45, 7) is 8.21. The molecule has 0 spiro atoms. The predicted molar refractivity (Wildman–Crippen MR) is 89.7 cm³/mol.